The van der Waals surface area contributed by atoms with E-state index in [4.69, 9.17) is 0 Å². The van der Waals surface area contributed by atoms with Gasteiger partial charge in [-0.1, -0.05) is 0 Å². The van der Waals surface area contributed by atoms with Crippen LogP contribution in [0.3, 0.4) is 0 Å². The van der Waals surface area contributed by atoms with Crippen LogP contribution in [0.5, 0.6) is 0 Å². The normalized spacial score (nSPS) is 28.1. The van der Waals surface area contributed by atoms with Gasteiger partial charge < -0.3 is 15.3 Å². The molecule has 2 N–H and O–H groups in total. The van der Waals surface area contributed by atoms with Crippen LogP contribution in [0.1, 0.15) is 10.4 Å². The van der Waals surface area contributed by atoms with Gasteiger partial charge in [-0.3, -0.25) is 14.5 Å². The molecular formula is C15H21N3O3S. The minimum Gasteiger partial charge on any atom is -0.481 e. The van der Waals surface area contributed by atoms with Gasteiger partial charge in [-0.15, -0.1) is 11.3 Å². The van der Waals surface area contributed by atoms with E-state index in [-0.39, 0.29) is 12.5 Å². The Balaban J connectivity index is 1.69. The van der Waals surface area contributed by atoms with Gasteiger partial charge in [0.2, 0.25) is 5.91 Å². The molecule has 1 aromatic heterocycles. The van der Waals surface area contributed by atoms with Crippen molar-refractivity contribution in [1.82, 2.24) is 15.1 Å². The number of carboxylic acids is 1. The molecule has 0 aromatic carbocycles. The molecule has 0 radical (unpaired) electrons. The number of hydrogen-bond acceptors (Lipinski definition) is 5. The number of carboxylic acid groups (broad SMARTS) is 1. The minimum absolute atomic E-state index is 0.121. The van der Waals surface area contributed by atoms with Crippen LogP contribution in [0.4, 0.5) is 0 Å². The molecule has 1 amide bonds. The molecule has 0 saturated carbocycles. The number of carbonyl (C=O) groups is 2. The van der Waals surface area contributed by atoms with Crippen molar-refractivity contribution >= 4 is 23.2 Å². The highest BCUT2D eigenvalue weighted by atomic mass is 32.1. The van der Waals surface area contributed by atoms with E-state index in [1.165, 1.54) is 10.4 Å². The molecule has 6 nitrogen and oxygen atoms in total. The Morgan fingerprint density at radius 2 is 2.36 bits per heavy atom. The van der Waals surface area contributed by atoms with Crippen LogP contribution in [-0.4, -0.2) is 60.5 Å². The first-order chi connectivity index (χ1) is 10.4. The molecule has 0 unspecified atom stereocenters. The maximum absolute atomic E-state index is 11.9. The van der Waals surface area contributed by atoms with Crippen LogP contribution >= 0.6 is 11.3 Å². The summed E-state index contributed by atoms with van der Waals surface area (Å²) in [5.74, 6) is -1.41. The number of aliphatic carboxylic acids is 1. The second-order valence-electron chi connectivity index (χ2n) is 6.56. The smallest absolute Gasteiger partial charge is 0.313 e. The number of amides is 1. The van der Waals surface area contributed by atoms with Crippen molar-refractivity contribution in [1.29, 1.82) is 0 Å². The lowest BCUT2D eigenvalue weighted by molar-refractivity contribution is -0.149. The first-order valence-electron chi connectivity index (χ1n) is 7.35. The summed E-state index contributed by atoms with van der Waals surface area (Å²) in [6, 6.07) is 2.17. The molecule has 2 fully saturated rings. The van der Waals surface area contributed by atoms with E-state index < -0.39 is 17.3 Å². The fourth-order valence-electron chi connectivity index (χ4n) is 3.48. The van der Waals surface area contributed by atoms with E-state index in [1.807, 2.05) is 14.1 Å². The standard InChI is InChI=1S/C15H21N3O3S/c1-17(2)4-10-3-11(22-7-10)5-18-6-12-13(19)16-8-15(12,9-18)14(20)21/h3,7,12H,4-6,8-9H2,1-2H3,(H,16,19)(H,20,21)/t12-,15+/m0/s1. The molecule has 0 aliphatic carbocycles. The monoisotopic (exact) mass is 323 g/mol. The molecule has 7 heteroatoms. The Labute approximate surface area is 133 Å². The highest BCUT2D eigenvalue weighted by molar-refractivity contribution is 7.10. The average molecular weight is 323 g/mol. The van der Waals surface area contributed by atoms with E-state index in [0.29, 0.717) is 13.1 Å². The van der Waals surface area contributed by atoms with E-state index >= 15 is 0 Å². The minimum atomic E-state index is -0.944. The summed E-state index contributed by atoms with van der Waals surface area (Å²) in [5.41, 5.74) is 0.330. The van der Waals surface area contributed by atoms with Crippen molar-refractivity contribution in [2.45, 2.75) is 13.1 Å². The second kappa shape index (κ2) is 5.64. The number of nitrogens with one attached hydrogen (secondary N) is 1. The highest BCUT2D eigenvalue weighted by Gasteiger charge is 2.59. The number of carbonyl (C=O) groups excluding carboxylic acids is 1. The molecular weight excluding hydrogens is 302 g/mol. The van der Waals surface area contributed by atoms with Gasteiger partial charge >= 0.3 is 5.97 Å². The van der Waals surface area contributed by atoms with Crippen molar-refractivity contribution in [3.63, 3.8) is 0 Å². The summed E-state index contributed by atoms with van der Waals surface area (Å²) in [6.45, 7) is 2.84. The van der Waals surface area contributed by atoms with Gasteiger partial charge in [0.25, 0.3) is 0 Å². The molecule has 0 spiro atoms. The molecule has 22 heavy (non-hydrogen) atoms. The number of likely N-dealkylation sites (tertiary alicyclic amines) is 1. The van der Waals surface area contributed by atoms with Crippen LogP contribution in [0.2, 0.25) is 0 Å². The van der Waals surface area contributed by atoms with Gasteiger partial charge in [0.1, 0.15) is 5.41 Å². The molecule has 2 aliphatic heterocycles. The Bertz CT molecular complexity index is 601. The zero-order valence-corrected chi connectivity index (χ0v) is 13.7. The van der Waals surface area contributed by atoms with Crippen LogP contribution < -0.4 is 5.32 Å². The predicted octanol–water partition coefficient (Wildman–Crippen LogP) is 0.442. The molecule has 120 valence electrons. The summed E-state index contributed by atoms with van der Waals surface area (Å²) >= 11 is 1.70. The fraction of sp³-hybridized carbons (Fsp3) is 0.600. The Kier molecular flexibility index (Phi) is 3.96. The third-order valence-electron chi connectivity index (χ3n) is 4.52. The SMILES string of the molecule is CN(C)Cc1csc(CN2C[C@H]3C(=O)NC[C@@]3(C(=O)O)C2)c1. The van der Waals surface area contributed by atoms with Crippen molar-refractivity contribution in [3.8, 4) is 0 Å². The largest absolute Gasteiger partial charge is 0.481 e. The van der Waals surface area contributed by atoms with Gasteiger partial charge in [-0.05, 0) is 31.1 Å². The van der Waals surface area contributed by atoms with Gasteiger partial charge in [0, 0.05) is 37.6 Å². The molecule has 2 saturated heterocycles. The lowest BCUT2D eigenvalue weighted by Gasteiger charge is -2.21. The van der Waals surface area contributed by atoms with Crippen molar-refractivity contribution < 1.29 is 14.7 Å². The molecule has 1 aromatic rings. The van der Waals surface area contributed by atoms with Crippen molar-refractivity contribution in [2.24, 2.45) is 11.3 Å². The highest BCUT2D eigenvalue weighted by Crippen LogP contribution is 2.40. The van der Waals surface area contributed by atoms with E-state index in [1.54, 1.807) is 11.3 Å². The maximum Gasteiger partial charge on any atom is 0.313 e. The second-order valence-corrected chi connectivity index (χ2v) is 7.56. The Morgan fingerprint density at radius 3 is 3.00 bits per heavy atom. The van der Waals surface area contributed by atoms with Crippen LogP contribution in [-0.2, 0) is 22.7 Å². The van der Waals surface area contributed by atoms with Gasteiger partial charge in [0.05, 0.1) is 5.92 Å². The maximum atomic E-state index is 11.9. The number of nitrogens with zero attached hydrogens (tertiary/aromatic N) is 2. The van der Waals surface area contributed by atoms with Crippen LogP contribution in [0.25, 0.3) is 0 Å². The lowest BCUT2D eigenvalue weighted by atomic mass is 9.81. The molecule has 0 bridgehead atoms. The summed E-state index contributed by atoms with van der Waals surface area (Å²) < 4.78 is 0. The molecule has 2 atom stereocenters. The number of rotatable bonds is 5. The zero-order valence-electron chi connectivity index (χ0n) is 12.8. The summed E-state index contributed by atoms with van der Waals surface area (Å²) in [5, 5.41) is 14.4. The Hall–Kier alpha value is -1.44. The zero-order chi connectivity index (χ0) is 15.9. The summed E-state index contributed by atoms with van der Waals surface area (Å²) in [4.78, 5) is 29.0. The average Bonchev–Trinajstić information content (AvgIpc) is 3.07. The van der Waals surface area contributed by atoms with Gasteiger partial charge in [-0.2, -0.15) is 0 Å². The number of thiophene rings is 1. The van der Waals surface area contributed by atoms with E-state index in [9.17, 15) is 14.7 Å². The van der Waals surface area contributed by atoms with Crippen molar-refractivity contribution in [3.05, 3.63) is 21.9 Å². The summed E-state index contributed by atoms with van der Waals surface area (Å²) in [7, 11) is 4.07. The molecule has 3 rings (SSSR count). The summed E-state index contributed by atoms with van der Waals surface area (Å²) in [6.07, 6.45) is 0. The topological polar surface area (TPSA) is 72.9 Å². The van der Waals surface area contributed by atoms with Gasteiger partial charge in [-0.25, -0.2) is 0 Å². The fourth-order valence-corrected chi connectivity index (χ4v) is 4.40. The quantitative estimate of drug-likeness (QED) is 0.823. The third-order valence-corrected chi connectivity index (χ3v) is 5.49. The number of hydrogen-bond donors (Lipinski definition) is 2. The molecule has 3 heterocycles. The first-order valence-corrected chi connectivity index (χ1v) is 8.23. The van der Waals surface area contributed by atoms with Crippen molar-refractivity contribution in [2.75, 3.05) is 33.7 Å². The molecule has 2 aliphatic rings. The Morgan fingerprint density at radius 1 is 1.59 bits per heavy atom. The van der Waals surface area contributed by atoms with Crippen LogP contribution in [0, 0.1) is 11.3 Å². The lowest BCUT2D eigenvalue weighted by Crippen LogP contribution is -2.40. The van der Waals surface area contributed by atoms with Gasteiger partial charge in [0.15, 0.2) is 0 Å². The first kappa shape index (κ1) is 15.5. The van der Waals surface area contributed by atoms with E-state index in [0.717, 1.165) is 13.1 Å². The predicted molar refractivity (Wildman–Crippen MR) is 83.6 cm³/mol. The third kappa shape index (κ3) is 2.64. The van der Waals surface area contributed by atoms with E-state index in [2.05, 4.69) is 26.6 Å². The van der Waals surface area contributed by atoms with Crippen LogP contribution in [0.15, 0.2) is 11.4 Å². The number of fused-ring (bicyclic) bond motifs is 1.